The Labute approximate surface area is 111 Å². The molecule has 1 aromatic rings. The zero-order chi connectivity index (χ0) is 13.9. The highest BCUT2D eigenvalue weighted by Gasteiger charge is 2.25. The molecule has 2 amide bonds. The van der Waals surface area contributed by atoms with E-state index in [0.717, 1.165) is 5.69 Å². The van der Waals surface area contributed by atoms with E-state index >= 15 is 0 Å². The van der Waals surface area contributed by atoms with Gasteiger partial charge in [-0.15, -0.1) is 11.3 Å². The van der Waals surface area contributed by atoms with Crippen LogP contribution in [0.15, 0.2) is 5.38 Å². The fourth-order valence-electron chi connectivity index (χ4n) is 1.10. The van der Waals surface area contributed by atoms with Gasteiger partial charge in [0.05, 0.1) is 5.69 Å². The van der Waals surface area contributed by atoms with Gasteiger partial charge in [-0.25, -0.2) is 4.98 Å². The van der Waals surface area contributed by atoms with Gasteiger partial charge in [-0.3, -0.25) is 9.59 Å². The Kier molecular flexibility index (Phi) is 4.45. The summed E-state index contributed by atoms with van der Waals surface area (Å²) in [5, 5.41) is 7.75. The molecule has 2 N–H and O–H groups in total. The lowest BCUT2D eigenvalue weighted by Gasteiger charge is -2.21. The first kappa shape index (κ1) is 14.6. The van der Waals surface area contributed by atoms with Crippen LogP contribution in [0.25, 0.3) is 0 Å². The third kappa shape index (κ3) is 4.10. The molecular formula is C12H19N3O2S. The zero-order valence-electron chi connectivity index (χ0n) is 11.3. The van der Waals surface area contributed by atoms with E-state index in [1.807, 2.05) is 12.3 Å². The SMILES string of the molecule is Cc1csc(NC(=O)[C@@H](C)NC(=O)C(C)(C)C)n1. The molecule has 1 heterocycles. The topological polar surface area (TPSA) is 71.1 Å². The van der Waals surface area contributed by atoms with Crippen molar-refractivity contribution in [3.63, 3.8) is 0 Å². The lowest BCUT2D eigenvalue weighted by atomic mass is 9.95. The Hall–Kier alpha value is -1.43. The number of hydrogen-bond acceptors (Lipinski definition) is 4. The van der Waals surface area contributed by atoms with Crippen molar-refractivity contribution in [3.05, 3.63) is 11.1 Å². The fourth-order valence-corrected chi connectivity index (χ4v) is 1.79. The molecule has 0 saturated carbocycles. The highest BCUT2D eigenvalue weighted by molar-refractivity contribution is 7.13. The summed E-state index contributed by atoms with van der Waals surface area (Å²) in [5.74, 6) is -0.414. The Morgan fingerprint density at radius 2 is 2.00 bits per heavy atom. The molecule has 0 spiro atoms. The molecule has 0 unspecified atom stereocenters. The molecule has 1 rings (SSSR count). The predicted octanol–water partition coefficient (Wildman–Crippen LogP) is 1.94. The van der Waals surface area contributed by atoms with E-state index in [9.17, 15) is 9.59 Å². The molecule has 0 aromatic carbocycles. The van der Waals surface area contributed by atoms with E-state index in [0.29, 0.717) is 5.13 Å². The Balaban J connectivity index is 2.54. The average molecular weight is 269 g/mol. The molecule has 0 aliphatic heterocycles. The molecule has 0 bridgehead atoms. The normalized spacial score (nSPS) is 12.9. The van der Waals surface area contributed by atoms with E-state index in [4.69, 9.17) is 0 Å². The first-order valence-electron chi connectivity index (χ1n) is 5.74. The third-order valence-corrected chi connectivity index (χ3v) is 3.15. The van der Waals surface area contributed by atoms with Crippen LogP contribution in [-0.2, 0) is 9.59 Å². The first-order chi connectivity index (χ1) is 8.20. The Morgan fingerprint density at radius 3 is 2.44 bits per heavy atom. The fraction of sp³-hybridized carbons (Fsp3) is 0.583. The molecule has 1 atom stereocenters. The third-order valence-electron chi connectivity index (χ3n) is 2.27. The summed E-state index contributed by atoms with van der Waals surface area (Å²) >= 11 is 1.36. The maximum Gasteiger partial charge on any atom is 0.248 e. The van der Waals surface area contributed by atoms with Crippen molar-refractivity contribution in [2.24, 2.45) is 5.41 Å². The summed E-state index contributed by atoms with van der Waals surface area (Å²) in [5.41, 5.74) is 0.355. The lowest BCUT2D eigenvalue weighted by molar-refractivity contribution is -0.131. The highest BCUT2D eigenvalue weighted by Crippen LogP contribution is 2.15. The summed E-state index contributed by atoms with van der Waals surface area (Å²) in [7, 11) is 0. The summed E-state index contributed by atoms with van der Waals surface area (Å²) in [6, 6.07) is -0.582. The zero-order valence-corrected chi connectivity index (χ0v) is 12.1. The van der Waals surface area contributed by atoms with E-state index in [1.165, 1.54) is 11.3 Å². The van der Waals surface area contributed by atoms with Crippen LogP contribution in [0.5, 0.6) is 0 Å². The maximum atomic E-state index is 11.8. The first-order valence-corrected chi connectivity index (χ1v) is 6.62. The van der Waals surface area contributed by atoms with E-state index in [2.05, 4.69) is 15.6 Å². The number of carbonyl (C=O) groups is 2. The largest absolute Gasteiger partial charge is 0.344 e. The van der Waals surface area contributed by atoms with Crippen LogP contribution >= 0.6 is 11.3 Å². The van der Waals surface area contributed by atoms with Crippen molar-refractivity contribution >= 4 is 28.3 Å². The van der Waals surface area contributed by atoms with Crippen LogP contribution in [-0.4, -0.2) is 22.8 Å². The number of rotatable bonds is 3. The van der Waals surface area contributed by atoms with Gasteiger partial charge in [0.2, 0.25) is 11.8 Å². The van der Waals surface area contributed by atoms with Crippen LogP contribution in [0.2, 0.25) is 0 Å². The second-order valence-electron chi connectivity index (χ2n) is 5.23. The minimum absolute atomic E-state index is 0.152. The van der Waals surface area contributed by atoms with Crippen molar-refractivity contribution in [2.45, 2.75) is 40.7 Å². The van der Waals surface area contributed by atoms with Gasteiger partial charge < -0.3 is 10.6 Å². The van der Waals surface area contributed by atoms with Gasteiger partial charge in [0, 0.05) is 10.8 Å². The van der Waals surface area contributed by atoms with E-state index in [1.54, 1.807) is 27.7 Å². The van der Waals surface area contributed by atoms with E-state index in [-0.39, 0.29) is 11.8 Å². The lowest BCUT2D eigenvalue weighted by Crippen LogP contribution is -2.46. The quantitative estimate of drug-likeness (QED) is 0.881. The molecule has 1 aromatic heterocycles. The van der Waals surface area contributed by atoms with Gasteiger partial charge in [-0.2, -0.15) is 0 Å². The standard InChI is InChI=1S/C12H19N3O2S/c1-7-6-18-11(13-7)15-9(16)8(2)14-10(17)12(3,4)5/h6,8H,1-5H3,(H,14,17)(H,13,15,16)/t8-/m1/s1. The molecule has 0 aliphatic carbocycles. The van der Waals surface area contributed by atoms with Crippen molar-refractivity contribution in [1.29, 1.82) is 0 Å². The molecule has 0 fully saturated rings. The molecular weight excluding hydrogens is 250 g/mol. The average Bonchev–Trinajstić information content (AvgIpc) is 2.62. The van der Waals surface area contributed by atoms with Crippen molar-refractivity contribution in [1.82, 2.24) is 10.3 Å². The number of aromatic nitrogens is 1. The molecule has 0 aliphatic rings. The second-order valence-corrected chi connectivity index (χ2v) is 6.09. The van der Waals surface area contributed by atoms with Crippen LogP contribution in [0.3, 0.4) is 0 Å². The smallest absolute Gasteiger partial charge is 0.248 e. The van der Waals surface area contributed by atoms with Crippen LogP contribution in [0.1, 0.15) is 33.4 Å². The van der Waals surface area contributed by atoms with Gasteiger partial charge in [0.1, 0.15) is 6.04 Å². The second kappa shape index (κ2) is 5.48. The number of carbonyl (C=O) groups excluding carboxylic acids is 2. The van der Waals surface area contributed by atoms with Gasteiger partial charge in [0.15, 0.2) is 5.13 Å². The molecule has 0 saturated heterocycles. The molecule has 0 radical (unpaired) electrons. The Morgan fingerprint density at radius 1 is 1.39 bits per heavy atom. The summed E-state index contributed by atoms with van der Waals surface area (Å²) < 4.78 is 0. The van der Waals surface area contributed by atoms with Crippen LogP contribution in [0.4, 0.5) is 5.13 Å². The number of aryl methyl sites for hydroxylation is 1. The Bertz CT molecular complexity index is 448. The highest BCUT2D eigenvalue weighted by atomic mass is 32.1. The summed E-state index contributed by atoms with van der Waals surface area (Å²) in [6.45, 7) is 8.92. The number of nitrogens with one attached hydrogen (secondary N) is 2. The number of anilines is 1. The molecule has 18 heavy (non-hydrogen) atoms. The number of nitrogens with zero attached hydrogens (tertiary/aromatic N) is 1. The van der Waals surface area contributed by atoms with Crippen LogP contribution in [0, 0.1) is 12.3 Å². The van der Waals surface area contributed by atoms with Crippen molar-refractivity contribution < 1.29 is 9.59 Å². The van der Waals surface area contributed by atoms with Gasteiger partial charge >= 0.3 is 0 Å². The minimum atomic E-state index is -0.582. The van der Waals surface area contributed by atoms with Crippen molar-refractivity contribution in [2.75, 3.05) is 5.32 Å². The molecule has 6 heteroatoms. The maximum absolute atomic E-state index is 11.8. The monoisotopic (exact) mass is 269 g/mol. The number of thiazole rings is 1. The summed E-state index contributed by atoms with van der Waals surface area (Å²) in [6.07, 6.45) is 0. The summed E-state index contributed by atoms with van der Waals surface area (Å²) in [4.78, 5) is 27.7. The van der Waals surface area contributed by atoms with Crippen molar-refractivity contribution in [3.8, 4) is 0 Å². The van der Waals surface area contributed by atoms with Gasteiger partial charge in [-0.05, 0) is 13.8 Å². The van der Waals surface area contributed by atoms with Crippen LogP contribution < -0.4 is 10.6 Å². The molecule has 5 nitrogen and oxygen atoms in total. The van der Waals surface area contributed by atoms with E-state index < -0.39 is 11.5 Å². The molecule has 100 valence electrons. The van der Waals surface area contributed by atoms with Gasteiger partial charge in [-0.1, -0.05) is 20.8 Å². The number of hydrogen-bond donors (Lipinski definition) is 2. The number of amides is 2. The van der Waals surface area contributed by atoms with Gasteiger partial charge in [0.25, 0.3) is 0 Å². The predicted molar refractivity (Wildman–Crippen MR) is 72.5 cm³/mol. The minimum Gasteiger partial charge on any atom is -0.344 e.